The number of carbonyl (C=O) groups is 1. The molecule has 10 heteroatoms. The van der Waals surface area contributed by atoms with Gasteiger partial charge in [0.15, 0.2) is 0 Å². The van der Waals surface area contributed by atoms with E-state index in [-0.39, 0.29) is 33.2 Å². The van der Waals surface area contributed by atoms with Gasteiger partial charge in [0.05, 0.1) is 0 Å². The van der Waals surface area contributed by atoms with Crippen LogP contribution in [0.25, 0.3) is 0 Å². The summed E-state index contributed by atoms with van der Waals surface area (Å²) in [6, 6.07) is 18.2. The number of nitrogens with one attached hydrogen (secondary N) is 3. The molecular formula is C20H17ClN4O4S. The summed E-state index contributed by atoms with van der Waals surface area (Å²) < 4.78 is 23.2. The summed E-state index contributed by atoms with van der Waals surface area (Å²) in [4.78, 5) is 16.4. The number of carbonyl (C=O) groups excluding carboxylic acids is 1. The van der Waals surface area contributed by atoms with E-state index < -0.39 is 10.8 Å². The van der Waals surface area contributed by atoms with E-state index in [9.17, 15) is 19.0 Å². The second kappa shape index (κ2) is 7.88. The summed E-state index contributed by atoms with van der Waals surface area (Å²) in [5.74, 6) is -0.451. The van der Waals surface area contributed by atoms with Crippen molar-refractivity contribution in [3.63, 3.8) is 0 Å². The molecule has 0 aliphatic carbocycles. The molecular weight excluding hydrogens is 428 g/mol. The van der Waals surface area contributed by atoms with Gasteiger partial charge in [-0.1, -0.05) is 40.6 Å². The fourth-order valence-corrected chi connectivity index (χ4v) is 4.30. The lowest BCUT2D eigenvalue weighted by Crippen LogP contribution is -2.35. The minimum absolute atomic E-state index is 0.0111. The number of nitrogens with zero attached hydrogens (tertiary/aromatic N) is 1. The molecule has 0 radical (unpaired) electrons. The Morgan fingerprint density at radius 1 is 1.00 bits per heavy atom. The highest BCUT2D eigenvalue weighted by atomic mass is 35.5. The Bertz CT molecular complexity index is 1140. The van der Waals surface area contributed by atoms with Crippen molar-refractivity contribution >= 4 is 51.3 Å². The molecule has 1 aliphatic heterocycles. The van der Waals surface area contributed by atoms with Crippen LogP contribution >= 0.6 is 22.4 Å². The first-order valence-corrected chi connectivity index (χ1v) is 10.6. The third-order valence-corrected chi connectivity index (χ3v) is 5.85. The van der Waals surface area contributed by atoms with Gasteiger partial charge >= 0.3 is 0 Å². The largest absolute Gasteiger partial charge is 0.506 e. The Kier molecular flexibility index (Phi) is 5.27. The molecule has 0 saturated heterocycles. The number of phenolic OH excluding ortho intramolecular Hbond substituents is 1. The Hall–Kier alpha value is -3.24. The predicted octanol–water partition coefficient (Wildman–Crippen LogP) is 5.03. The van der Waals surface area contributed by atoms with E-state index in [4.69, 9.17) is 11.6 Å². The number of anilines is 2. The van der Waals surface area contributed by atoms with Gasteiger partial charge < -0.3 is 15.7 Å². The van der Waals surface area contributed by atoms with Gasteiger partial charge in [0.1, 0.15) is 16.3 Å². The second-order valence-electron chi connectivity index (χ2n) is 6.41. The first-order chi connectivity index (χ1) is 14.3. The molecule has 0 atom stereocenters. The Morgan fingerprint density at radius 2 is 1.67 bits per heavy atom. The number of amides is 1. The maximum Gasteiger partial charge on any atom is 0.255 e. The molecule has 1 heterocycles. The second-order valence-corrected chi connectivity index (χ2v) is 8.58. The van der Waals surface area contributed by atoms with Crippen molar-refractivity contribution < 1.29 is 19.0 Å². The topological polar surface area (TPSA) is 126 Å². The molecule has 3 aromatic carbocycles. The molecule has 154 valence electrons. The number of aromatic hydroxyl groups is 1. The van der Waals surface area contributed by atoms with Crippen LogP contribution in [0.4, 0.5) is 17.1 Å². The molecule has 0 fully saturated rings. The number of hydrogen-bond acceptors (Lipinski definition) is 7. The van der Waals surface area contributed by atoms with E-state index in [1.807, 2.05) is 6.07 Å². The van der Waals surface area contributed by atoms with Gasteiger partial charge in [-0.3, -0.25) is 13.9 Å². The van der Waals surface area contributed by atoms with Gasteiger partial charge in [-0.05, 0) is 42.5 Å². The van der Waals surface area contributed by atoms with E-state index in [0.717, 1.165) is 0 Å². The minimum atomic E-state index is -3.46. The van der Waals surface area contributed by atoms with Gasteiger partial charge in [-0.15, -0.1) is 0 Å². The minimum Gasteiger partial charge on any atom is -0.506 e. The van der Waals surface area contributed by atoms with Crippen LogP contribution in [0, 0.1) is 0 Å². The van der Waals surface area contributed by atoms with Crippen LogP contribution in [0.2, 0.25) is 5.02 Å². The highest BCUT2D eigenvalue weighted by Gasteiger charge is 2.29. The monoisotopic (exact) mass is 444 g/mol. The fraction of sp³-hybridized carbons (Fsp3) is 0. The fourth-order valence-electron chi connectivity index (χ4n) is 2.83. The van der Waals surface area contributed by atoms with Gasteiger partial charge in [-0.2, -0.15) is 0 Å². The lowest BCUT2D eigenvalue weighted by molar-refractivity contribution is 0.102. The van der Waals surface area contributed by atoms with Gasteiger partial charge in [0, 0.05) is 28.0 Å². The van der Waals surface area contributed by atoms with Crippen molar-refractivity contribution in [2.45, 2.75) is 4.90 Å². The van der Waals surface area contributed by atoms with Crippen molar-refractivity contribution in [1.29, 1.82) is 0 Å². The molecule has 0 bridgehead atoms. The average molecular weight is 445 g/mol. The summed E-state index contributed by atoms with van der Waals surface area (Å²) in [5, 5.41) is 15.9. The van der Waals surface area contributed by atoms with Crippen LogP contribution in [0.15, 0.2) is 76.6 Å². The highest BCUT2D eigenvalue weighted by Crippen LogP contribution is 2.55. The van der Waals surface area contributed by atoms with Crippen LogP contribution in [-0.2, 0) is 0 Å². The van der Waals surface area contributed by atoms with E-state index in [1.54, 1.807) is 48.5 Å². The van der Waals surface area contributed by atoms with Gasteiger partial charge in [0.2, 0.25) is 5.96 Å². The van der Waals surface area contributed by atoms with E-state index >= 15 is 0 Å². The van der Waals surface area contributed by atoms with Crippen molar-refractivity contribution in [2.24, 2.45) is 4.99 Å². The van der Waals surface area contributed by atoms with Crippen LogP contribution in [-0.4, -0.2) is 26.1 Å². The lowest BCUT2D eigenvalue weighted by Gasteiger charge is -2.37. The SMILES string of the molecule is O=C(Nc1ccc(NC2=Nc3c(O)cc(Cl)cc3S(O)(O)N2)cc1)c1ccccc1. The van der Waals surface area contributed by atoms with Crippen LogP contribution < -0.4 is 15.4 Å². The smallest absolute Gasteiger partial charge is 0.255 e. The van der Waals surface area contributed by atoms with E-state index in [1.165, 1.54) is 12.1 Å². The number of halogens is 1. The summed E-state index contributed by atoms with van der Waals surface area (Å²) in [7, 11) is -3.46. The Labute approximate surface area is 178 Å². The number of rotatable bonds is 3. The summed E-state index contributed by atoms with van der Waals surface area (Å²) in [6.07, 6.45) is 0. The molecule has 6 N–H and O–H groups in total. The molecule has 0 spiro atoms. The summed E-state index contributed by atoms with van der Waals surface area (Å²) in [6.45, 7) is 0. The zero-order chi connectivity index (χ0) is 21.3. The van der Waals surface area contributed by atoms with Gasteiger partial charge in [0.25, 0.3) is 5.91 Å². The molecule has 30 heavy (non-hydrogen) atoms. The quantitative estimate of drug-likeness (QED) is 0.336. The van der Waals surface area contributed by atoms with E-state index in [2.05, 4.69) is 20.3 Å². The molecule has 3 aromatic rings. The lowest BCUT2D eigenvalue weighted by atomic mass is 10.2. The molecule has 4 rings (SSSR count). The number of hydrogen-bond donors (Lipinski definition) is 6. The average Bonchev–Trinajstić information content (AvgIpc) is 2.71. The Balaban J connectivity index is 1.51. The maximum absolute atomic E-state index is 12.2. The molecule has 8 nitrogen and oxygen atoms in total. The zero-order valence-electron chi connectivity index (χ0n) is 15.3. The Morgan fingerprint density at radius 3 is 2.37 bits per heavy atom. The zero-order valence-corrected chi connectivity index (χ0v) is 16.9. The van der Waals surface area contributed by atoms with Crippen molar-refractivity contribution in [1.82, 2.24) is 4.72 Å². The van der Waals surface area contributed by atoms with Gasteiger partial charge in [-0.25, -0.2) is 9.71 Å². The summed E-state index contributed by atoms with van der Waals surface area (Å²) in [5.41, 5.74) is 1.73. The highest BCUT2D eigenvalue weighted by molar-refractivity contribution is 8.23. The third kappa shape index (κ3) is 4.19. The predicted molar refractivity (Wildman–Crippen MR) is 119 cm³/mol. The van der Waals surface area contributed by atoms with E-state index in [0.29, 0.717) is 16.9 Å². The third-order valence-electron chi connectivity index (χ3n) is 4.23. The van der Waals surface area contributed by atoms with Crippen molar-refractivity contribution in [3.05, 3.63) is 77.3 Å². The molecule has 0 aromatic heterocycles. The first kappa shape index (κ1) is 20.0. The normalized spacial score (nSPS) is 15.2. The first-order valence-electron chi connectivity index (χ1n) is 8.72. The van der Waals surface area contributed by atoms with Crippen LogP contribution in [0.3, 0.4) is 0 Å². The molecule has 1 amide bonds. The number of phenols is 1. The number of benzene rings is 3. The number of guanidine groups is 1. The summed E-state index contributed by atoms with van der Waals surface area (Å²) >= 11 is 5.87. The standard InChI is InChI=1S/C20H17ClN4O4S/c21-13-10-16(26)18-17(11-13)30(28,29)25-20(24-18)23-15-8-6-14(7-9-15)22-19(27)12-4-2-1-3-5-12/h1-11,26,28-29H,(H,22,27)(H2,23,24,25). The molecule has 0 saturated carbocycles. The number of aliphatic imine (C=N–C) groups is 1. The van der Waals surface area contributed by atoms with Crippen LogP contribution in [0.5, 0.6) is 5.75 Å². The number of fused-ring (bicyclic) bond motifs is 1. The van der Waals surface area contributed by atoms with Crippen LogP contribution in [0.1, 0.15) is 10.4 Å². The molecule has 0 unspecified atom stereocenters. The van der Waals surface area contributed by atoms with Crippen molar-refractivity contribution in [3.8, 4) is 5.75 Å². The maximum atomic E-state index is 12.2. The molecule has 1 aliphatic rings. The van der Waals surface area contributed by atoms with Crippen molar-refractivity contribution in [2.75, 3.05) is 10.6 Å².